The lowest BCUT2D eigenvalue weighted by molar-refractivity contribution is 0.0222. The van der Waals surface area contributed by atoms with Gasteiger partial charge in [-0.25, -0.2) is 0 Å². The molecule has 0 aromatic rings. The molecular weight excluding hydrogens is 432 g/mol. The number of hydrogen-bond donors (Lipinski definition) is 7. The molecule has 7 N–H and O–H groups in total. The largest absolute Gasteiger partial charge is 0.394 e. The van der Waals surface area contributed by atoms with Crippen LogP contribution in [0.2, 0.25) is 0 Å². The van der Waals surface area contributed by atoms with E-state index in [2.05, 4.69) is 11.7 Å². The highest BCUT2D eigenvalue weighted by Crippen LogP contribution is 1.87. The quantitative estimate of drug-likeness (QED) is 0.0931. The molecule has 0 saturated heterocycles. The van der Waals surface area contributed by atoms with Crippen molar-refractivity contribution in [2.75, 3.05) is 112 Å². The Hall–Kier alpha value is -0.480. The summed E-state index contributed by atoms with van der Waals surface area (Å²) in [6.45, 7) is 6.86. The maximum Gasteiger partial charge on any atom is 0.0701 e. The van der Waals surface area contributed by atoms with Gasteiger partial charge in [-0.05, 0) is 6.42 Å². The Labute approximate surface area is 192 Å². The van der Waals surface area contributed by atoms with Crippen molar-refractivity contribution in [2.24, 2.45) is 0 Å². The second-order valence-corrected chi connectivity index (χ2v) is 5.48. The number of rotatable bonds is 20. The molecule has 0 aliphatic heterocycles. The fraction of sp³-hybridized carbons (Fsp3) is 1.00. The lowest BCUT2D eigenvalue weighted by Crippen LogP contribution is -2.09. The Morgan fingerprint density at radius 1 is 0.344 bits per heavy atom. The molecule has 0 rings (SSSR count). The molecule has 12 nitrogen and oxygen atoms in total. The maximum atomic E-state index is 8.34. The SMILES string of the molecule is CCCCOCCOCCO.OCCO.OCCOCCO.OCCOCCOCCO. The van der Waals surface area contributed by atoms with Crippen molar-refractivity contribution in [3.63, 3.8) is 0 Å². The molecule has 12 heteroatoms. The van der Waals surface area contributed by atoms with Gasteiger partial charge in [0.1, 0.15) is 0 Å². The summed E-state index contributed by atoms with van der Waals surface area (Å²) in [7, 11) is 0. The standard InChI is InChI=1S/C8H18O3.C6H14O4.C4H10O3.C2H6O2/c1-2-3-5-10-7-8-11-6-4-9;7-1-3-9-5-6-10-4-2-8;5-1-3-7-4-2-6;3-1-2-4/h9H,2-8H2,1H3;7-8H,1-6H2;5-6H,1-4H2;3-4H,1-2H2. The summed E-state index contributed by atoms with van der Waals surface area (Å²) in [5, 5.41) is 56.3. The van der Waals surface area contributed by atoms with Gasteiger partial charge in [-0.15, -0.1) is 0 Å². The zero-order valence-electron chi connectivity index (χ0n) is 19.6. The van der Waals surface area contributed by atoms with E-state index >= 15 is 0 Å². The molecule has 0 fully saturated rings. The molecule has 0 amide bonds. The summed E-state index contributed by atoms with van der Waals surface area (Å²) >= 11 is 0. The van der Waals surface area contributed by atoms with Gasteiger partial charge >= 0.3 is 0 Å². The first-order valence-electron chi connectivity index (χ1n) is 10.8. The van der Waals surface area contributed by atoms with Crippen molar-refractivity contribution >= 4 is 0 Å². The van der Waals surface area contributed by atoms with Crippen molar-refractivity contribution in [1.82, 2.24) is 0 Å². The fourth-order valence-electron chi connectivity index (χ4n) is 1.32. The molecule has 0 bridgehead atoms. The number of hydrogen-bond acceptors (Lipinski definition) is 12. The van der Waals surface area contributed by atoms with Gasteiger partial charge in [0.15, 0.2) is 0 Å². The van der Waals surface area contributed by atoms with Gasteiger partial charge in [0.25, 0.3) is 0 Å². The summed E-state index contributed by atoms with van der Waals surface area (Å²) in [4.78, 5) is 0. The first-order valence-corrected chi connectivity index (χ1v) is 10.8. The van der Waals surface area contributed by atoms with Crippen LogP contribution >= 0.6 is 0 Å². The van der Waals surface area contributed by atoms with Gasteiger partial charge in [-0.1, -0.05) is 13.3 Å². The molecule has 0 aliphatic rings. The molecule has 0 unspecified atom stereocenters. The normalized spacial score (nSPS) is 9.75. The molecule has 0 spiro atoms. The van der Waals surface area contributed by atoms with Crippen LogP contribution in [-0.2, 0) is 23.7 Å². The van der Waals surface area contributed by atoms with Crippen molar-refractivity contribution in [3.8, 4) is 0 Å². The first-order chi connectivity index (χ1) is 15.7. The minimum Gasteiger partial charge on any atom is -0.394 e. The zero-order valence-corrected chi connectivity index (χ0v) is 19.6. The van der Waals surface area contributed by atoms with Crippen molar-refractivity contribution in [1.29, 1.82) is 0 Å². The van der Waals surface area contributed by atoms with E-state index in [9.17, 15) is 0 Å². The lowest BCUT2D eigenvalue weighted by atomic mass is 10.4. The van der Waals surface area contributed by atoms with Crippen LogP contribution in [0.3, 0.4) is 0 Å². The Bertz CT molecular complexity index is 229. The minimum atomic E-state index is -0.125. The van der Waals surface area contributed by atoms with Gasteiger partial charge in [-0.3, -0.25) is 0 Å². The maximum absolute atomic E-state index is 8.34. The molecular formula is C20H48O12. The highest BCUT2D eigenvalue weighted by Gasteiger charge is 1.88. The summed E-state index contributed by atoms with van der Waals surface area (Å²) in [5.41, 5.74) is 0. The van der Waals surface area contributed by atoms with Crippen molar-refractivity contribution in [3.05, 3.63) is 0 Å². The van der Waals surface area contributed by atoms with E-state index in [1.165, 1.54) is 0 Å². The first kappa shape index (κ1) is 38.8. The minimum absolute atomic E-state index is 0.0278. The Morgan fingerprint density at radius 3 is 0.812 bits per heavy atom. The fourth-order valence-corrected chi connectivity index (χ4v) is 1.32. The van der Waals surface area contributed by atoms with E-state index in [-0.39, 0.29) is 46.2 Å². The summed E-state index contributed by atoms with van der Waals surface area (Å²) in [6.07, 6.45) is 2.28. The average molecular weight is 481 g/mol. The number of aliphatic hydroxyl groups excluding tert-OH is 7. The monoisotopic (exact) mass is 480 g/mol. The number of unbranched alkanes of at least 4 members (excludes halogenated alkanes) is 1. The van der Waals surface area contributed by atoms with E-state index in [1.807, 2.05) is 0 Å². The predicted molar refractivity (Wildman–Crippen MR) is 119 cm³/mol. The molecule has 0 heterocycles. The summed E-state index contributed by atoms with van der Waals surface area (Å²) in [5.74, 6) is 0. The summed E-state index contributed by atoms with van der Waals surface area (Å²) < 4.78 is 24.6. The van der Waals surface area contributed by atoms with Crippen LogP contribution < -0.4 is 0 Å². The van der Waals surface area contributed by atoms with Gasteiger partial charge in [-0.2, -0.15) is 0 Å². The third-order valence-corrected chi connectivity index (χ3v) is 2.66. The van der Waals surface area contributed by atoms with Gasteiger partial charge in [0.2, 0.25) is 0 Å². The number of ether oxygens (including phenoxy) is 5. The highest BCUT2D eigenvalue weighted by molar-refractivity contribution is 4.33. The van der Waals surface area contributed by atoms with E-state index in [1.54, 1.807) is 0 Å². The average Bonchev–Trinajstić information content (AvgIpc) is 2.82. The van der Waals surface area contributed by atoms with Crippen LogP contribution in [-0.4, -0.2) is 148 Å². The van der Waals surface area contributed by atoms with Gasteiger partial charge < -0.3 is 59.4 Å². The second kappa shape index (κ2) is 48.1. The van der Waals surface area contributed by atoms with E-state index in [0.29, 0.717) is 59.5 Å². The smallest absolute Gasteiger partial charge is 0.0701 e. The third-order valence-electron chi connectivity index (χ3n) is 2.66. The lowest BCUT2D eigenvalue weighted by Gasteiger charge is -2.02. The topological polar surface area (TPSA) is 188 Å². The van der Waals surface area contributed by atoms with E-state index in [4.69, 9.17) is 54.7 Å². The van der Waals surface area contributed by atoms with Crippen LogP contribution in [0, 0.1) is 0 Å². The molecule has 0 aromatic carbocycles. The Kier molecular flexibility index (Phi) is 58.2. The molecule has 200 valence electrons. The highest BCUT2D eigenvalue weighted by atomic mass is 16.5. The Morgan fingerprint density at radius 2 is 0.594 bits per heavy atom. The van der Waals surface area contributed by atoms with Crippen molar-refractivity contribution < 1.29 is 59.4 Å². The summed E-state index contributed by atoms with van der Waals surface area (Å²) in [6, 6.07) is 0. The van der Waals surface area contributed by atoms with E-state index < -0.39 is 0 Å². The molecule has 0 aromatic heterocycles. The van der Waals surface area contributed by atoms with Crippen molar-refractivity contribution in [2.45, 2.75) is 19.8 Å². The second-order valence-electron chi connectivity index (χ2n) is 5.48. The molecule has 0 saturated carbocycles. The van der Waals surface area contributed by atoms with Gasteiger partial charge in [0, 0.05) is 6.61 Å². The molecule has 0 atom stereocenters. The molecule has 32 heavy (non-hydrogen) atoms. The molecule has 0 radical (unpaired) electrons. The Balaban J connectivity index is -0.000000173. The number of aliphatic hydroxyl groups is 7. The van der Waals surface area contributed by atoms with Crippen LogP contribution in [0.15, 0.2) is 0 Å². The van der Waals surface area contributed by atoms with Crippen LogP contribution in [0.1, 0.15) is 19.8 Å². The predicted octanol–water partition coefficient (Wildman–Crippen LogP) is -2.23. The zero-order chi connectivity index (χ0) is 25.0. The molecule has 0 aliphatic carbocycles. The van der Waals surface area contributed by atoms with Gasteiger partial charge in [0.05, 0.1) is 106 Å². The third kappa shape index (κ3) is 63.0. The van der Waals surface area contributed by atoms with E-state index in [0.717, 1.165) is 19.4 Å². The van der Waals surface area contributed by atoms with Crippen LogP contribution in [0.5, 0.6) is 0 Å². The van der Waals surface area contributed by atoms with Crippen LogP contribution in [0.4, 0.5) is 0 Å². The van der Waals surface area contributed by atoms with Crippen LogP contribution in [0.25, 0.3) is 0 Å².